The van der Waals surface area contributed by atoms with Crippen LogP contribution in [-0.4, -0.2) is 27.8 Å². The first-order valence-electron chi connectivity index (χ1n) is 2.99. The van der Waals surface area contributed by atoms with Crippen LogP contribution in [0.5, 0.6) is 0 Å². The SMILES string of the molecule is CCOC(=O)c1nc(Br)n[nH]1. The van der Waals surface area contributed by atoms with E-state index in [9.17, 15) is 4.79 Å². The van der Waals surface area contributed by atoms with Crippen LogP contribution in [-0.2, 0) is 4.74 Å². The van der Waals surface area contributed by atoms with E-state index in [-0.39, 0.29) is 5.82 Å². The minimum Gasteiger partial charge on any atom is -0.460 e. The van der Waals surface area contributed by atoms with Crippen LogP contribution in [0.4, 0.5) is 0 Å². The fourth-order valence-corrected chi connectivity index (χ4v) is 0.798. The lowest BCUT2D eigenvalue weighted by Gasteiger charge is -1.94. The zero-order valence-electron chi connectivity index (χ0n) is 5.80. The number of nitrogens with one attached hydrogen (secondary N) is 1. The Morgan fingerprint density at radius 3 is 3.00 bits per heavy atom. The number of ether oxygens (including phenoxy) is 1. The summed E-state index contributed by atoms with van der Waals surface area (Å²) in [5, 5.41) is 6.01. The predicted molar refractivity (Wildman–Crippen MR) is 40.0 cm³/mol. The summed E-state index contributed by atoms with van der Waals surface area (Å²) in [6.07, 6.45) is 0. The number of carbonyl (C=O) groups excluding carboxylic acids is 1. The molecule has 0 spiro atoms. The van der Waals surface area contributed by atoms with E-state index >= 15 is 0 Å². The van der Waals surface area contributed by atoms with Crippen LogP contribution >= 0.6 is 15.9 Å². The molecular weight excluding hydrogens is 214 g/mol. The van der Waals surface area contributed by atoms with Gasteiger partial charge in [-0.2, -0.15) is 4.98 Å². The second-order valence-electron chi connectivity index (χ2n) is 1.67. The van der Waals surface area contributed by atoms with Crippen molar-refractivity contribution in [1.82, 2.24) is 15.2 Å². The Balaban J connectivity index is 2.69. The van der Waals surface area contributed by atoms with E-state index < -0.39 is 5.97 Å². The van der Waals surface area contributed by atoms with Gasteiger partial charge >= 0.3 is 5.97 Å². The van der Waals surface area contributed by atoms with Gasteiger partial charge in [0.2, 0.25) is 10.6 Å². The van der Waals surface area contributed by atoms with Crippen LogP contribution in [0.25, 0.3) is 0 Å². The van der Waals surface area contributed by atoms with Crippen LogP contribution in [0.3, 0.4) is 0 Å². The minimum atomic E-state index is -0.495. The van der Waals surface area contributed by atoms with Crippen LogP contribution in [0, 0.1) is 0 Å². The molecule has 0 amide bonds. The van der Waals surface area contributed by atoms with Crippen molar-refractivity contribution in [2.75, 3.05) is 6.61 Å². The molecule has 1 N–H and O–H groups in total. The maximum absolute atomic E-state index is 10.9. The lowest BCUT2D eigenvalue weighted by Crippen LogP contribution is -2.06. The summed E-state index contributed by atoms with van der Waals surface area (Å²) in [5.41, 5.74) is 0. The standard InChI is InChI=1S/C5H6BrN3O2/c1-2-11-4(10)3-7-5(6)9-8-3/h2H2,1H3,(H,7,8,9). The van der Waals surface area contributed by atoms with Gasteiger partial charge in [0.25, 0.3) is 0 Å². The van der Waals surface area contributed by atoms with Gasteiger partial charge in [-0.25, -0.2) is 4.79 Å². The average molecular weight is 220 g/mol. The predicted octanol–water partition coefficient (Wildman–Crippen LogP) is 0.744. The van der Waals surface area contributed by atoms with E-state index in [4.69, 9.17) is 0 Å². The number of nitrogens with zero attached hydrogens (tertiary/aromatic N) is 2. The fourth-order valence-electron chi connectivity index (χ4n) is 0.532. The maximum atomic E-state index is 10.9. The third kappa shape index (κ3) is 2.01. The topological polar surface area (TPSA) is 67.9 Å². The summed E-state index contributed by atoms with van der Waals surface area (Å²) in [5.74, 6) is -0.385. The van der Waals surface area contributed by atoms with Gasteiger partial charge in [-0.1, -0.05) is 0 Å². The summed E-state index contributed by atoms with van der Waals surface area (Å²) in [4.78, 5) is 14.6. The molecule has 0 atom stereocenters. The van der Waals surface area contributed by atoms with Gasteiger partial charge in [0.1, 0.15) is 0 Å². The third-order valence-corrected chi connectivity index (χ3v) is 1.28. The van der Waals surface area contributed by atoms with E-state index in [0.29, 0.717) is 11.3 Å². The highest BCUT2D eigenvalue weighted by molar-refractivity contribution is 9.10. The smallest absolute Gasteiger partial charge is 0.375 e. The lowest BCUT2D eigenvalue weighted by molar-refractivity contribution is 0.0512. The highest BCUT2D eigenvalue weighted by Gasteiger charge is 2.10. The summed E-state index contributed by atoms with van der Waals surface area (Å²) in [7, 11) is 0. The van der Waals surface area contributed by atoms with Crippen molar-refractivity contribution in [2.24, 2.45) is 0 Å². The molecule has 0 aromatic carbocycles. The maximum Gasteiger partial charge on any atom is 0.375 e. The van der Waals surface area contributed by atoms with E-state index in [1.165, 1.54) is 0 Å². The molecule has 60 valence electrons. The molecule has 1 aromatic rings. The van der Waals surface area contributed by atoms with Gasteiger partial charge in [0.15, 0.2) is 0 Å². The van der Waals surface area contributed by atoms with Gasteiger partial charge < -0.3 is 4.74 Å². The number of halogens is 1. The lowest BCUT2D eigenvalue weighted by atomic mass is 10.6. The van der Waals surface area contributed by atoms with Crippen molar-refractivity contribution in [1.29, 1.82) is 0 Å². The normalized spacial score (nSPS) is 9.64. The number of aromatic nitrogens is 3. The highest BCUT2D eigenvalue weighted by Crippen LogP contribution is 2.01. The van der Waals surface area contributed by atoms with Crippen LogP contribution in [0.2, 0.25) is 0 Å². The first kappa shape index (κ1) is 8.19. The molecule has 0 aliphatic carbocycles. The van der Waals surface area contributed by atoms with Crippen molar-refractivity contribution in [2.45, 2.75) is 6.92 Å². The molecule has 1 aromatic heterocycles. The van der Waals surface area contributed by atoms with Crippen molar-refractivity contribution >= 4 is 21.9 Å². The molecule has 5 nitrogen and oxygen atoms in total. The Hall–Kier alpha value is -0.910. The van der Waals surface area contributed by atoms with Crippen molar-refractivity contribution in [3.05, 3.63) is 10.6 Å². The number of hydrogen-bond acceptors (Lipinski definition) is 4. The second kappa shape index (κ2) is 3.47. The van der Waals surface area contributed by atoms with Crippen LogP contribution < -0.4 is 0 Å². The molecular formula is C5H6BrN3O2. The van der Waals surface area contributed by atoms with Crippen molar-refractivity contribution < 1.29 is 9.53 Å². The van der Waals surface area contributed by atoms with Gasteiger partial charge in [-0.3, -0.25) is 5.10 Å². The largest absolute Gasteiger partial charge is 0.460 e. The molecule has 0 radical (unpaired) electrons. The molecule has 0 saturated heterocycles. The third-order valence-electron chi connectivity index (χ3n) is 0.927. The summed E-state index contributed by atoms with van der Waals surface area (Å²) in [6.45, 7) is 2.06. The molecule has 0 aliphatic heterocycles. The van der Waals surface area contributed by atoms with Gasteiger partial charge in [0, 0.05) is 0 Å². The number of hydrogen-bond donors (Lipinski definition) is 1. The molecule has 11 heavy (non-hydrogen) atoms. The minimum absolute atomic E-state index is 0.110. The first-order valence-corrected chi connectivity index (χ1v) is 3.78. The Morgan fingerprint density at radius 2 is 2.55 bits per heavy atom. The van der Waals surface area contributed by atoms with E-state index in [1.54, 1.807) is 6.92 Å². The molecule has 0 unspecified atom stereocenters. The van der Waals surface area contributed by atoms with E-state index in [0.717, 1.165) is 0 Å². The zero-order valence-corrected chi connectivity index (χ0v) is 7.38. The number of rotatable bonds is 2. The fraction of sp³-hybridized carbons (Fsp3) is 0.400. The Morgan fingerprint density at radius 1 is 1.82 bits per heavy atom. The second-order valence-corrected chi connectivity index (χ2v) is 2.38. The van der Waals surface area contributed by atoms with Crippen molar-refractivity contribution in [3.63, 3.8) is 0 Å². The molecule has 1 heterocycles. The summed E-state index contributed by atoms with van der Waals surface area (Å²) < 4.78 is 5.00. The quantitative estimate of drug-likeness (QED) is 0.746. The number of carbonyl (C=O) groups is 1. The highest BCUT2D eigenvalue weighted by atomic mass is 79.9. The molecule has 0 bridgehead atoms. The monoisotopic (exact) mass is 219 g/mol. The zero-order chi connectivity index (χ0) is 8.27. The summed E-state index contributed by atoms with van der Waals surface area (Å²) in [6, 6.07) is 0. The number of aromatic amines is 1. The van der Waals surface area contributed by atoms with Crippen molar-refractivity contribution in [3.8, 4) is 0 Å². The van der Waals surface area contributed by atoms with E-state index in [1.807, 2.05) is 0 Å². The van der Waals surface area contributed by atoms with E-state index in [2.05, 4.69) is 35.8 Å². The van der Waals surface area contributed by atoms with Crippen LogP contribution in [0.1, 0.15) is 17.5 Å². The molecule has 1 rings (SSSR count). The molecule has 0 saturated carbocycles. The Bertz CT molecular complexity index is 260. The molecule has 6 heteroatoms. The average Bonchev–Trinajstić information content (AvgIpc) is 2.36. The van der Waals surface area contributed by atoms with Crippen LogP contribution in [0.15, 0.2) is 4.73 Å². The molecule has 0 fully saturated rings. The Kier molecular flexibility index (Phi) is 2.58. The van der Waals surface area contributed by atoms with Gasteiger partial charge in [-0.15, -0.1) is 5.10 Å². The molecule has 0 aliphatic rings. The Labute approximate surface area is 71.3 Å². The van der Waals surface area contributed by atoms with Gasteiger partial charge in [-0.05, 0) is 22.9 Å². The van der Waals surface area contributed by atoms with Gasteiger partial charge in [0.05, 0.1) is 6.61 Å². The first-order chi connectivity index (χ1) is 5.24. The number of esters is 1. The number of H-pyrrole nitrogens is 1. The summed E-state index contributed by atoms with van der Waals surface area (Å²) >= 11 is 2.99.